The predicted octanol–water partition coefficient (Wildman–Crippen LogP) is 2.58. The number of nitrogens with one attached hydrogen (secondary N) is 1. The molecule has 0 saturated heterocycles. The molecule has 3 heterocycles. The van der Waals surface area contributed by atoms with Crippen LogP contribution in [0.3, 0.4) is 0 Å². The standard InChI is InChI=1S/C19H19N3O5/c1-25-9-7-22-18(11-5-6-12(23)14(10-11)26-2)15-16(13-4-3-8-27-13)20-21-17(15)19(22)24/h3-6,8,10,18,23H,7,9H2,1-2H3,(H,20,21)/t18-/m0/s1. The molecule has 2 aromatic heterocycles. The largest absolute Gasteiger partial charge is 0.504 e. The van der Waals surface area contributed by atoms with Gasteiger partial charge in [0.15, 0.2) is 23.0 Å². The number of rotatable bonds is 6. The van der Waals surface area contributed by atoms with Crippen LogP contribution in [0.4, 0.5) is 0 Å². The Bertz CT molecular complexity index is 964. The molecule has 1 amide bonds. The Morgan fingerprint density at radius 2 is 2.19 bits per heavy atom. The summed E-state index contributed by atoms with van der Waals surface area (Å²) in [6.07, 6.45) is 1.57. The zero-order valence-electron chi connectivity index (χ0n) is 14.9. The zero-order valence-corrected chi connectivity index (χ0v) is 14.9. The third kappa shape index (κ3) is 2.74. The molecular weight excluding hydrogens is 350 g/mol. The second-order valence-electron chi connectivity index (χ2n) is 6.16. The Kier molecular flexibility index (Phi) is 4.33. The van der Waals surface area contributed by atoms with Crippen LogP contribution in [0.1, 0.15) is 27.7 Å². The molecular formula is C19H19N3O5. The summed E-state index contributed by atoms with van der Waals surface area (Å²) in [5, 5.41) is 17.1. The monoisotopic (exact) mass is 369 g/mol. The van der Waals surface area contributed by atoms with Gasteiger partial charge < -0.3 is 23.9 Å². The van der Waals surface area contributed by atoms with E-state index >= 15 is 0 Å². The summed E-state index contributed by atoms with van der Waals surface area (Å²) in [5.41, 5.74) is 2.54. The number of aromatic hydroxyl groups is 1. The van der Waals surface area contributed by atoms with E-state index in [0.29, 0.717) is 36.0 Å². The number of ether oxygens (including phenoxy) is 2. The summed E-state index contributed by atoms with van der Waals surface area (Å²) in [6, 6.07) is 8.23. The number of fused-ring (bicyclic) bond motifs is 1. The van der Waals surface area contributed by atoms with Gasteiger partial charge in [-0.15, -0.1) is 0 Å². The summed E-state index contributed by atoms with van der Waals surface area (Å²) in [5.74, 6) is 0.782. The Hall–Kier alpha value is -3.26. The van der Waals surface area contributed by atoms with Crippen LogP contribution in [0.2, 0.25) is 0 Å². The van der Waals surface area contributed by atoms with Crippen molar-refractivity contribution in [3.8, 4) is 23.0 Å². The number of phenolic OH excluding ortho intramolecular Hbond substituents is 1. The minimum absolute atomic E-state index is 0.0349. The van der Waals surface area contributed by atoms with Gasteiger partial charge in [-0.2, -0.15) is 5.10 Å². The minimum atomic E-state index is -0.406. The van der Waals surface area contributed by atoms with Crippen molar-refractivity contribution in [2.24, 2.45) is 0 Å². The summed E-state index contributed by atoms with van der Waals surface area (Å²) >= 11 is 0. The summed E-state index contributed by atoms with van der Waals surface area (Å²) in [7, 11) is 3.07. The molecule has 0 radical (unpaired) electrons. The summed E-state index contributed by atoms with van der Waals surface area (Å²) in [4.78, 5) is 14.7. The first-order valence-electron chi connectivity index (χ1n) is 8.44. The zero-order chi connectivity index (χ0) is 19.0. The second kappa shape index (κ2) is 6.81. The van der Waals surface area contributed by atoms with E-state index in [1.807, 2.05) is 6.07 Å². The van der Waals surface area contributed by atoms with Crippen LogP contribution < -0.4 is 4.74 Å². The lowest BCUT2D eigenvalue weighted by Crippen LogP contribution is -2.32. The number of H-pyrrole nitrogens is 1. The average Bonchev–Trinajstić information content (AvgIpc) is 3.39. The maximum Gasteiger partial charge on any atom is 0.275 e. The van der Waals surface area contributed by atoms with Crippen LogP contribution in [0.15, 0.2) is 41.0 Å². The van der Waals surface area contributed by atoms with E-state index in [1.165, 1.54) is 7.11 Å². The van der Waals surface area contributed by atoms with Crippen LogP contribution in [-0.4, -0.2) is 53.5 Å². The van der Waals surface area contributed by atoms with Crippen molar-refractivity contribution in [1.82, 2.24) is 15.1 Å². The van der Waals surface area contributed by atoms with Gasteiger partial charge in [0, 0.05) is 19.2 Å². The van der Waals surface area contributed by atoms with Crippen molar-refractivity contribution in [3.63, 3.8) is 0 Å². The molecule has 27 heavy (non-hydrogen) atoms. The molecule has 0 spiro atoms. The molecule has 1 atom stereocenters. The van der Waals surface area contributed by atoms with Gasteiger partial charge >= 0.3 is 0 Å². The number of benzene rings is 1. The second-order valence-corrected chi connectivity index (χ2v) is 6.16. The van der Waals surface area contributed by atoms with E-state index in [-0.39, 0.29) is 11.7 Å². The quantitative estimate of drug-likeness (QED) is 0.693. The Labute approximate surface area is 155 Å². The average molecular weight is 369 g/mol. The highest BCUT2D eigenvalue weighted by atomic mass is 16.5. The highest BCUT2D eigenvalue weighted by molar-refractivity contribution is 6.00. The minimum Gasteiger partial charge on any atom is -0.504 e. The van der Waals surface area contributed by atoms with E-state index in [2.05, 4.69) is 10.2 Å². The fraction of sp³-hybridized carbons (Fsp3) is 0.263. The highest BCUT2D eigenvalue weighted by Crippen LogP contribution is 2.44. The van der Waals surface area contributed by atoms with Crippen molar-refractivity contribution in [2.75, 3.05) is 27.4 Å². The van der Waals surface area contributed by atoms with Crippen LogP contribution >= 0.6 is 0 Å². The molecule has 3 aromatic rings. The van der Waals surface area contributed by atoms with Crippen LogP contribution in [0.25, 0.3) is 11.5 Å². The molecule has 0 saturated carbocycles. The van der Waals surface area contributed by atoms with E-state index in [0.717, 1.165) is 11.1 Å². The molecule has 2 N–H and O–H groups in total. The van der Waals surface area contributed by atoms with Gasteiger partial charge in [-0.05, 0) is 29.8 Å². The van der Waals surface area contributed by atoms with Crippen molar-refractivity contribution < 1.29 is 23.8 Å². The fourth-order valence-corrected chi connectivity index (χ4v) is 3.43. The number of aromatic nitrogens is 2. The van der Waals surface area contributed by atoms with Gasteiger partial charge in [0.1, 0.15) is 5.69 Å². The van der Waals surface area contributed by atoms with E-state index in [1.54, 1.807) is 42.5 Å². The molecule has 1 aliphatic rings. The maximum absolute atomic E-state index is 13.0. The number of nitrogens with zero attached hydrogens (tertiary/aromatic N) is 2. The van der Waals surface area contributed by atoms with Crippen molar-refractivity contribution >= 4 is 5.91 Å². The first-order chi connectivity index (χ1) is 13.2. The topological polar surface area (TPSA) is 101 Å². The molecule has 0 aliphatic carbocycles. The molecule has 8 heteroatoms. The van der Waals surface area contributed by atoms with E-state index in [9.17, 15) is 9.90 Å². The predicted molar refractivity (Wildman–Crippen MR) is 95.7 cm³/mol. The normalized spacial score (nSPS) is 16.0. The molecule has 0 unspecified atom stereocenters. The number of carbonyl (C=O) groups is 1. The number of carbonyl (C=O) groups excluding carboxylic acids is 1. The van der Waals surface area contributed by atoms with Crippen molar-refractivity contribution in [1.29, 1.82) is 0 Å². The lowest BCUT2D eigenvalue weighted by atomic mass is 9.97. The number of methoxy groups -OCH3 is 2. The van der Waals surface area contributed by atoms with Gasteiger partial charge in [-0.1, -0.05) is 6.07 Å². The smallest absolute Gasteiger partial charge is 0.275 e. The van der Waals surface area contributed by atoms with Crippen molar-refractivity contribution in [2.45, 2.75) is 6.04 Å². The highest BCUT2D eigenvalue weighted by Gasteiger charge is 2.42. The molecule has 0 fully saturated rings. The Morgan fingerprint density at radius 3 is 2.89 bits per heavy atom. The van der Waals surface area contributed by atoms with Crippen LogP contribution in [0.5, 0.6) is 11.5 Å². The molecule has 0 bridgehead atoms. The molecule has 140 valence electrons. The first kappa shape index (κ1) is 17.2. The van der Waals surface area contributed by atoms with Gasteiger partial charge in [0.25, 0.3) is 5.91 Å². The van der Waals surface area contributed by atoms with Gasteiger partial charge in [0.2, 0.25) is 0 Å². The number of amides is 1. The summed E-state index contributed by atoms with van der Waals surface area (Å²) < 4.78 is 15.9. The number of hydrogen-bond donors (Lipinski definition) is 2. The van der Waals surface area contributed by atoms with Gasteiger partial charge in [-0.3, -0.25) is 9.89 Å². The van der Waals surface area contributed by atoms with Crippen LogP contribution in [-0.2, 0) is 4.74 Å². The lowest BCUT2D eigenvalue weighted by Gasteiger charge is -2.26. The molecule has 4 rings (SSSR count). The Balaban J connectivity index is 1.87. The maximum atomic E-state index is 13.0. The first-order valence-corrected chi connectivity index (χ1v) is 8.44. The van der Waals surface area contributed by atoms with E-state index in [4.69, 9.17) is 13.9 Å². The fourth-order valence-electron chi connectivity index (χ4n) is 3.43. The van der Waals surface area contributed by atoms with Gasteiger partial charge in [0.05, 0.1) is 26.0 Å². The lowest BCUT2D eigenvalue weighted by molar-refractivity contribution is 0.0677. The summed E-state index contributed by atoms with van der Waals surface area (Å²) in [6.45, 7) is 0.790. The third-order valence-electron chi connectivity index (χ3n) is 4.68. The number of phenols is 1. The third-order valence-corrected chi connectivity index (χ3v) is 4.68. The number of furan rings is 1. The number of hydrogen-bond acceptors (Lipinski definition) is 6. The molecule has 1 aliphatic heterocycles. The number of aromatic amines is 1. The SMILES string of the molecule is COCCN1C(=O)c2n[nH]c(-c3ccco3)c2[C@@H]1c1ccc(O)c(OC)c1. The van der Waals surface area contributed by atoms with Crippen molar-refractivity contribution in [3.05, 3.63) is 53.4 Å². The Morgan fingerprint density at radius 1 is 1.33 bits per heavy atom. The molecule has 1 aromatic carbocycles. The van der Waals surface area contributed by atoms with Crippen LogP contribution in [0, 0.1) is 0 Å². The molecule has 8 nitrogen and oxygen atoms in total. The van der Waals surface area contributed by atoms with Gasteiger partial charge in [-0.25, -0.2) is 0 Å². The van der Waals surface area contributed by atoms with E-state index < -0.39 is 6.04 Å².